The van der Waals surface area contributed by atoms with Crippen LogP contribution in [0.2, 0.25) is 5.02 Å². The average Bonchev–Trinajstić information content (AvgIpc) is 3.25. The Morgan fingerprint density at radius 3 is 2.66 bits per heavy atom. The number of ketones is 1. The first-order valence-corrected chi connectivity index (χ1v) is 12.7. The molecular weight excluding hydrogens is 458 g/mol. The molecule has 0 saturated carbocycles. The maximum atomic E-state index is 13.0. The lowest BCUT2D eigenvalue weighted by atomic mass is 9.95. The molecule has 180 valence electrons. The molecule has 1 aromatic heterocycles. The van der Waals surface area contributed by atoms with Gasteiger partial charge in [-0.2, -0.15) is 0 Å². The van der Waals surface area contributed by atoms with E-state index >= 15 is 0 Å². The quantitative estimate of drug-likeness (QED) is 0.282. The third-order valence-electron chi connectivity index (χ3n) is 6.70. The highest BCUT2D eigenvalue weighted by Crippen LogP contribution is 2.24. The molecule has 2 heterocycles. The number of hydrogen-bond donors (Lipinski definition) is 1. The molecule has 1 aliphatic heterocycles. The van der Waals surface area contributed by atoms with Crippen LogP contribution in [-0.4, -0.2) is 28.4 Å². The Kier molecular flexibility index (Phi) is 7.45. The number of fused-ring (bicyclic) bond motifs is 1. The number of carbonyl (C=O) groups is 1. The Balaban J connectivity index is 1.39. The summed E-state index contributed by atoms with van der Waals surface area (Å²) in [5, 5.41) is 4.19. The molecule has 6 heteroatoms. The van der Waals surface area contributed by atoms with Gasteiger partial charge in [0.05, 0.1) is 11.0 Å². The van der Waals surface area contributed by atoms with Gasteiger partial charge in [0.15, 0.2) is 5.78 Å². The topological polar surface area (TPSA) is 56.1 Å². The average molecular weight is 488 g/mol. The third kappa shape index (κ3) is 5.75. The highest BCUT2D eigenvalue weighted by atomic mass is 35.5. The first-order chi connectivity index (χ1) is 17.2. The van der Waals surface area contributed by atoms with Gasteiger partial charge in [0.1, 0.15) is 18.2 Å². The van der Waals surface area contributed by atoms with E-state index in [1.807, 2.05) is 72.8 Å². The van der Waals surface area contributed by atoms with Gasteiger partial charge in [-0.25, -0.2) is 4.98 Å². The fourth-order valence-corrected chi connectivity index (χ4v) is 4.95. The summed E-state index contributed by atoms with van der Waals surface area (Å²) in [6.45, 7) is 3.47. The van der Waals surface area contributed by atoms with Gasteiger partial charge in [-0.05, 0) is 87.2 Å². The van der Waals surface area contributed by atoms with Crippen molar-refractivity contribution in [3.8, 4) is 5.75 Å². The summed E-state index contributed by atoms with van der Waals surface area (Å²) in [6.07, 6.45) is 4.83. The van der Waals surface area contributed by atoms with E-state index in [2.05, 4.69) is 9.88 Å². The second kappa shape index (κ2) is 11.1. The molecule has 3 aromatic carbocycles. The Bertz CT molecular complexity index is 1280. The van der Waals surface area contributed by atoms with E-state index in [1.165, 1.54) is 19.3 Å². The lowest BCUT2D eigenvalue weighted by Gasteiger charge is -2.22. The highest BCUT2D eigenvalue weighted by molar-refractivity contribution is 6.30. The maximum Gasteiger partial charge on any atom is 0.193 e. The highest BCUT2D eigenvalue weighted by Gasteiger charge is 2.17. The number of aromatic nitrogens is 2. The molecule has 1 aliphatic rings. The predicted octanol–water partition coefficient (Wildman–Crippen LogP) is 6.28. The number of carbonyl (C=O) groups excluding carboxylic acids is 1. The molecule has 1 saturated heterocycles. The van der Waals surface area contributed by atoms with Gasteiger partial charge in [0.2, 0.25) is 0 Å². The van der Waals surface area contributed by atoms with E-state index in [4.69, 9.17) is 21.3 Å². The van der Waals surface area contributed by atoms with Gasteiger partial charge in [0, 0.05) is 22.7 Å². The van der Waals surface area contributed by atoms with Crippen LogP contribution in [0, 0.1) is 5.92 Å². The summed E-state index contributed by atoms with van der Waals surface area (Å²) in [7, 11) is 0. The first kappa shape index (κ1) is 23.6. The van der Waals surface area contributed by atoms with Gasteiger partial charge in [-0.3, -0.25) is 4.79 Å². The molecule has 5 rings (SSSR count). The normalized spacial score (nSPS) is 15.9. The van der Waals surface area contributed by atoms with Crippen molar-refractivity contribution in [3.63, 3.8) is 0 Å². The van der Waals surface area contributed by atoms with Crippen LogP contribution in [0.5, 0.6) is 5.75 Å². The maximum absolute atomic E-state index is 13.0. The monoisotopic (exact) mass is 487 g/mol. The minimum absolute atomic E-state index is 0.00538. The summed E-state index contributed by atoms with van der Waals surface area (Å²) in [5.41, 5.74) is 3.18. The molecule has 4 aromatic rings. The van der Waals surface area contributed by atoms with Crippen molar-refractivity contribution >= 4 is 28.4 Å². The van der Waals surface area contributed by atoms with Gasteiger partial charge >= 0.3 is 0 Å². The number of ether oxygens (including phenoxy) is 1. The van der Waals surface area contributed by atoms with Gasteiger partial charge in [0.25, 0.3) is 0 Å². The second-order valence-corrected chi connectivity index (χ2v) is 9.61. The SMILES string of the molecule is O=C(c1ccccc1)c1ccc2c(c1)nc(COc1ccc(Cl)cc1)n2CCCC1CCCNC1. The number of rotatable bonds is 9. The number of aryl methyl sites for hydroxylation is 1. The van der Waals surface area contributed by atoms with E-state index < -0.39 is 0 Å². The van der Waals surface area contributed by atoms with Crippen LogP contribution in [0.25, 0.3) is 11.0 Å². The van der Waals surface area contributed by atoms with E-state index in [9.17, 15) is 4.79 Å². The van der Waals surface area contributed by atoms with Crippen LogP contribution in [0.15, 0.2) is 72.8 Å². The first-order valence-electron chi connectivity index (χ1n) is 12.4. The summed E-state index contributed by atoms with van der Waals surface area (Å²) in [5.74, 6) is 2.36. The number of benzene rings is 3. The molecule has 0 bridgehead atoms. The van der Waals surface area contributed by atoms with Crippen molar-refractivity contribution in [1.82, 2.24) is 14.9 Å². The predicted molar refractivity (Wildman–Crippen MR) is 140 cm³/mol. The van der Waals surface area contributed by atoms with Crippen LogP contribution in [0.3, 0.4) is 0 Å². The molecule has 1 atom stereocenters. The largest absolute Gasteiger partial charge is 0.486 e. The van der Waals surface area contributed by atoms with Crippen molar-refractivity contribution in [2.45, 2.75) is 38.8 Å². The second-order valence-electron chi connectivity index (χ2n) is 9.18. The number of imidazole rings is 1. The molecular formula is C29H30ClN3O2. The molecule has 0 spiro atoms. The Hall–Kier alpha value is -3.15. The third-order valence-corrected chi connectivity index (χ3v) is 6.95. The van der Waals surface area contributed by atoms with Crippen molar-refractivity contribution < 1.29 is 9.53 Å². The standard InChI is InChI=1S/C29H30ClN3O2/c30-24-11-13-25(14-12-24)35-20-28-32-26-18-23(29(34)22-8-2-1-3-9-22)10-15-27(26)33(28)17-5-7-21-6-4-16-31-19-21/h1-3,8-15,18,21,31H,4-7,16-17,19-20H2. The Morgan fingerprint density at radius 2 is 1.89 bits per heavy atom. The Labute approximate surface area is 211 Å². The minimum Gasteiger partial charge on any atom is -0.486 e. The fourth-order valence-electron chi connectivity index (χ4n) is 4.82. The summed E-state index contributed by atoms with van der Waals surface area (Å²) >= 11 is 6.01. The summed E-state index contributed by atoms with van der Waals surface area (Å²) in [6, 6.07) is 22.6. The van der Waals surface area contributed by atoms with Crippen LogP contribution < -0.4 is 10.1 Å². The van der Waals surface area contributed by atoms with Crippen molar-refractivity contribution in [2.75, 3.05) is 13.1 Å². The number of piperidine rings is 1. The minimum atomic E-state index is 0.00538. The molecule has 0 amide bonds. The molecule has 0 aliphatic carbocycles. The number of nitrogens with one attached hydrogen (secondary N) is 1. The van der Waals surface area contributed by atoms with Gasteiger partial charge in [-0.15, -0.1) is 0 Å². The molecule has 5 nitrogen and oxygen atoms in total. The fraction of sp³-hybridized carbons (Fsp3) is 0.310. The van der Waals surface area contributed by atoms with E-state index in [0.717, 1.165) is 54.6 Å². The molecule has 1 fully saturated rings. The summed E-state index contributed by atoms with van der Waals surface area (Å²) < 4.78 is 8.29. The van der Waals surface area contributed by atoms with Crippen LogP contribution >= 0.6 is 11.6 Å². The van der Waals surface area contributed by atoms with Crippen molar-refractivity contribution in [1.29, 1.82) is 0 Å². The number of nitrogens with zero attached hydrogens (tertiary/aromatic N) is 2. The molecule has 1 N–H and O–H groups in total. The van der Waals surface area contributed by atoms with Crippen molar-refractivity contribution in [3.05, 3.63) is 94.8 Å². The molecule has 1 unspecified atom stereocenters. The number of hydrogen-bond acceptors (Lipinski definition) is 4. The zero-order valence-corrected chi connectivity index (χ0v) is 20.5. The van der Waals surface area contributed by atoms with Crippen LogP contribution in [0.4, 0.5) is 0 Å². The zero-order valence-electron chi connectivity index (χ0n) is 19.8. The number of halogens is 1. The van der Waals surface area contributed by atoms with E-state index in [1.54, 1.807) is 0 Å². The molecule has 35 heavy (non-hydrogen) atoms. The van der Waals surface area contributed by atoms with Crippen LogP contribution in [-0.2, 0) is 13.2 Å². The lowest BCUT2D eigenvalue weighted by molar-refractivity contribution is 0.103. The van der Waals surface area contributed by atoms with Gasteiger partial charge < -0.3 is 14.6 Å². The van der Waals surface area contributed by atoms with Crippen LogP contribution in [0.1, 0.15) is 47.4 Å². The summed E-state index contributed by atoms with van der Waals surface area (Å²) in [4.78, 5) is 17.9. The smallest absolute Gasteiger partial charge is 0.193 e. The lowest BCUT2D eigenvalue weighted by Crippen LogP contribution is -2.29. The van der Waals surface area contributed by atoms with Crippen molar-refractivity contribution in [2.24, 2.45) is 5.92 Å². The van der Waals surface area contributed by atoms with Gasteiger partial charge in [-0.1, -0.05) is 41.9 Å². The van der Waals surface area contributed by atoms with E-state index in [0.29, 0.717) is 22.8 Å². The molecule has 0 radical (unpaired) electrons. The Morgan fingerprint density at radius 1 is 1.06 bits per heavy atom. The zero-order chi connectivity index (χ0) is 24.0. The van der Waals surface area contributed by atoms with E-state index in [-0.39, 0.29) is 5.78 Å².